The topological polar surface area (TPSA) is 22.8 Å². The third kappa shape index (κ3) is 5.56. The van der Waals surface area contributed by atoms with Gasteiger partial charge >= 0.3 is 0 Å². The van der Waals surface area contributed by atoms with Gasteiger partial charge in [-0.25, -0.2) is 0 Å². The molecule has 3 nitrogen and oxygen atoms in total. The van der Waals surface area contributed by atoms with Crippen molar-refractivity contribution in [3.63, 3.8) is 0 Å². The molecule has 15 aromatic rings. The predicted molar refractivity (Wildman–Crippen MR) is 310 cm³/mol. The number of para-hydroxylation sites is 2. The van der Waals surface area contributed by atoms with Crippen LogP contribution in [0, 0.1) is 0 Å². The molecule has 0 aliphatic carbocycles. The monoisotopic (exact) mass is 941 g/mol. The number of fused-ring (bicyclic) bond motifs is 11. The lowest BCUT2D eigenvalue weighted by molar-refractivity contribution is 1.19. The Morgan fingerprint density at radius 2 is 0.945 bits per heavy atom. The molecule has 3 aromatic heterocycles. The Kier molecular flexibility index (Phi) is 8.48. The minimum absolute atomic E-state index is 1.10. The molecule has 338 valence electrons. The Bertz CT molecular complexity index is 4680. The molecule has 0 unspecified atom stereocenters. The largest absolute Gasteiger partial charge is 0.309 e. The summed E-state index contributed by atoms with van der Waals surface area (Å²) in [5.41, 5.74) is 14.5. The summed E-state index contributed by atoms with van der Waals surface area (Å²) >= 11 is 0. The third-order valence-electron chi connectivity index (χ3n) is 16.2. The minimum Gasteiger partial charge on any atom is -0.309 e. The molecule has 0 N–H and O–H groups in total. The van der Waals surface area contributed by atoms with Gasteiger partial charge in [-0.15, -0.1) is 0 Å². The van der Waals surface area contributed by atoms with Crippen molar-refractivity contribution < 1.29 is 0 Å². The predicted octanol–water partition coefficient (Wildman–Crippen LogP) is 14.9. The Labute approximate surface area is 422 Å². The van der Waals surface area contributed by atoms with E-state index in [1.54, 1.807) is 0 Å². The zero-order chi connectivity index (χ0) is 47.8. The van der Waals surface area contributed by atoms with Crippen LogP contribution in [0.2, 0.25) is 0 Å². The molecular weight excluding hydrogens is 899 g/mol. The lowest BCUT2D eigenvalue weighted by atomic mass is 9.90. The zero-order valence-electron chi connectivity index (χ0n) is 39.7. The molecule has 1 aliphatic rings. The second-order valence-electron chi connectivity index (χ2n) is 19.8. The van der Waals surface area contributed by atoms with Gasteiger partial charge in [0, 0.05) is 61.3 Å². The van der Waals surface area contributed by atoms with Gasteiger partial charge in [0.05, 0.1) is 27.8 Å². The molecule has 1 aliphatic heterocycles. The number of rotatable bonds is 6. The molecule has 0 atom stereocenters. The SMILES string of the molecule is c1ccc([Si]2(c3ccccc3)c3ccccc3-c3ccc(-c4ccc5c(c4)c4ccccc4n5-c4cc5cccc6c5c5c4cccc5c4c5ccccc5n(-c5cccc(-c7cccnc7)c5)c64)cc32)cc1. The Morgan fingerprint density at radius 3 is 1.77 bits per heavy atom. The second kappa shape index (κ2) is 15.3. The maximum Gasteiger partial charge on any atom is 0.180 e. The fourth-order valence-corrected chi connectivity index (χ4v) is 18.5. The van der Waals surface area contributed by atoms with Gasteiger partial charge in [-0.1, -0.05) is 200 Å². The Morgan fingerprint density at radius 1 is 0.329 bits per heavy atom. The van der Waals surface area contributed by atoms with E-state index in [2.05, 4.69) is 257 Å². The molecule has 16 rings (SSSR count). The molecule has 0 bridgehead atoms. The third-order valence-corrected chi connectivity index (χ3v) is 21.0. The highest BCUT2D eigenvalue weighted by Crippen LogP contribution is 2.48. The van der Waals surface area contributed by atoms with Crippen LogP contribution in [-0.2, 0) is 0 Å². The van der Waals surface area contributed by atoms with E-state index in [1.807, 2.05) is 18.5 Å². The van der Waals surface area contributed by atoms with Crippen LogP contribution in [0.15, 0.2) is 261 Å². The van der Waals surface area contributed by atoms with E-state index in [1.165, 1.54) is 125 Å². The van der Waals surface area contributed by atoms with Crippen molar-refractivity contribution in [3.05, 3.63) is 261 Å². The molecule has 0 spiro atoms. The first-order chi connectivity index (χ1) is 36.2. The number of aromatic nitrogens is 3. The summed E-state index contributed by atoms with van der Waals surface area (Å²) in [7, 11) is -2.66. The van der Waals surface area contributed by atoms with Crippen LogP contribution in [0.1, 0.15) is 0 Å². The van der Waals surface area contributed by atoms with Gasteiger partial charge in [0.1, 0.15) is 0 Å². The van der Waals surface area contributed by atoms with Crippen LogP contribution in [0.25, 0.3) is 121 Å². The van der Waals surface area contributed by atoms with Crippen molar-refractivity contribution >= 4 is 105 Å². The lowest BCUT2D eigenvalue weighted by Crippen LogP contribution is -2.72. The van der Waals surface area contributed by atoms with Crippen LogP contribution in [0.4, 0.5) is 0 Å². The molecule has 12 aromatic carbocycles. The van der Waals surface area contributed by atoms with Crippen LogP contribution < -0.4 is 20.7 Å². The first-order valence-electron chi connectivity index (χ1n) is 25.3. The lowest BCUT2D eigenvalue weighted by Gasteiger charge is -2.31. The first-order valence-corrected chi connectivity index (χ1v) is 27.3. The van der Waals surface area contributed by atoms with Crippen molar-refractivity contribution in [2.75, 3.05) is 0 Å². The highest BCUT2D eigenvalue weighted by molar-refractivity contribution is 7.22. The smallest absolute Gasteiger partial charge is 0.180 e. The summed E-state index contributed by atoms with van der Waals surface area (Å²) < 4.78 is 5.02. The van der Waals surface area contributed by atoms with Crippen LogP contribution in [0.5, 0.6) is 0 Å². The van der Waals surface area contributed by atoms with Crippen molar-refractivity contribution in [2.24, 2.45) is 0 Å². The molecule has 0 radical (unpaired) electrons. The summed E-state index contributed by atoms with van der Waals surface area (Å²) in [6.45, 7) is 0. The fraction of sp³-hybridized carbons (Fsp3) is 0. The average Bonchev–Trinajstić information content (AvgIpc) is 4.10. The van der Waals surface area contributed by atoms with Gasteiger partial charge in [-0.2, -0.15) is 0 Å². The van der Waals surface area contributed by atoms with Crippen LogP contribution >= 0.6 is 0 Å². The van der Waals surface area contributed by atoms with Gasteiger partial charge in [0.15, 0.2) is 8.07 Å². The van der Waals surface area contributed by atoms with Crippen LogP contribution in [-0.4, -0.2) is 22.2 Å². The summed E-state index contributed by atoms with van der Waals surface area (Å²) in [6, 6.07) is 93.5. The Hall–Kier alpha value is -9.35. The number of benzene rings is 12. The van der Waals surface area contributed by atoms with Crippen molar-refractivity contribution in [1.82, 2.24) is 14.1 Å². The number of pyridine rings is 1. The molecule has 0 amide bonds. The molecule has 0 saturated carbocycles. The maximum absolute atomic E-state index is 4.45. The van der Waals surface area contributed by atoms with Gasteiger partial charge in [0.2, 0.25) is 0 Å². The standard InChI is InChI=1S/C69H43N3Si/c1-3-21-50(22-4-1)73(51-23-5-2-6-24-51)64-33-12-9-26-53(64)54-36-34-46(42-65(54)73)45-35-37-62-59(40-45)52-25-7-10-31-60(52)72(62)63-41-47-18-14-30-58-66(47)67-56(63)28-15-29-57(67)68-55-27-8-11-32-61(55)71(69(58)68)49-20-13-17-44(39-49)48-19-16-38-70-43-48/h1-43H. The molecule has 0 saturated heterocycles. The zero-order valence-corrected chi connectivity index (χ0v) is 40.7. The van der Waals surface area contributed by atoms with Crippen molar-refractivity contribution in [1.29, 1.82) is 0 Å². The van der Waals surface area contributed by atoms with E-state index in [9.17, 15) is 0 Å². The summed E-state index contributed by atoms with van der Waals surface area (Å²) in [4.78, 5) is 4.45. The average molecular weight is 942 g/mol. The highest BCUT2D eigenvalue weighted by Gasteiger charge is 2.48. The van der Waals surface area contributed by atoms with Gasteiger partial charge in [-0.05, 0) is 113 Å². The van der Waals surface area contributed by atoms with E-state index in [-0.39, 0.29) is 0 Å². The minimum atomic E-state index is -2.66. The number of hydrogen-bond acceptors (Lipinski definition) is 1. The molecule has 4 heterocycles. The molecule has 4 heteroatoms. The summed E-state index contributed by atoms with van der Waals surface area (Å²) in [6.07, 6.45) is 3.78. The quantitative estimate of drug-likeness (QED) is 0.120. The van der Waals surface area contributed by atoms with Crippen molar-refractivity contribution in [2.45, 2.75) is 0 Å². The first kappa shape index (κ1) is 40.4. The van der Waals surface area contributed by atoms with Gasteiger partial charge in [-0.3, -0.25) is 4.98 Å². The van der Waals surface area contributed by atoms with Gasteiger partial charge in [0.25, 0.3) is 0 Å². The summed E-state index contributed by atoms with van der Waals surface area (Å²) in [5.74, 6) is 0. The van der Waals surface area contributed by atoms with E-state index in [0.29, 0.717) is 0 Å². The molecule has 0 fully saturated rings. The highest BCUT2D eigenvalue weighted by atomic mass is 28.3. The molecular formula is C69H43N3Si. The van der Waals surface area contributed by atoms with E-state index in [4.69, 9.17) is 0 Å². The van der Waals surface area contributed by atoms with Crippen molar-refractivity contribution in [3.8, 4) is 44.8 Å². The van der Waals surface area contributed by atoms with E-state index >= 15 is 0 Å². The Balaban J connectivity index is 0.920. The number of nitrogens with zero attached hydrogens (tertiary/aromatic N) is 3. The second-order valence-corrected chi connectivity index (χ2v) is 23.5. The van der Waals surface area contributed by atoms with E-state index in [0.717, 1.165) is 16.8 Å². The van der Waals surface area contributed by atoms with Crippen LogP contribution in [0.3, 0.4) is 0 Å². The fourth-order valence-electron chi connectivity index (χ4n) is 13.3. The maximum atomic E-state index is 4.45. The normalized spacial score (nSPS) is 13.0. The van der Waals surface area contributed by atoms with E-state index < -0.39 is 8.07 Å². The van der Waals surface area contributed by atoms with Gasteiger partial charge < -0.3 is 9.13 Å². The molecule has 73 heavy (non-hydrogen) atoms. The number of hydrogen-bond donors (Lipinski definition) is 0. The summed E-state index contributed by atoms with van der Waals surface area (Å²) in [5, 5.41) is 18.3.